The van der Waals surface area contributed by atoms with Crippen LogP contribution in [0.4, 0.5) is 5.95 Å². The lowest BCUT2D eigenvalue weighted by Crippen LogP contribution is -2.55. The van der Waals surface area contributed by atoms with Gasteiger partial charge in [-0.15, -0.1) is 0 Å². The molecule has 4 rings (SSSR count). The molecular formula is C19H29N5O. The zero-order valence-electron chi connectivity index (χ0n) is 15.3. The number of aromatic nitrogens is 2. The van der Waals surface area contributed by atoms with Crippen LogP contribution in [-0.2, 0) is 4.79 Å². The van der Waals surface area contributed by atoms with E-state index in [1.54, 1.807) is 12.4 Å². The molecule has 0 radical (unpaired) electrons. The van der Waals surface area contributed by atoms with Gasteiger partial charge in [0.15, 0.2) is 0 Å². The van der Waals surface area contributed by atoms with Crippen LogP contribution in [0, 0.1) is 17.8 Å². The molecular weight excluding hydrogens is 314 g/mol. The predicted octanol–water partition coefficient (Wildman–Crippen LogP) is 1.54. The Morgan fingerprint density at radius 3 is 2.68 bits per heavy atom. The highest BCUT2D eigenvalue weighted by molar-refractivity contribution is 5.83. The summed E-state index contributed by atoms with van der Waals surface area (Å²) in [5.74, 6) is 2.44. The van der Waals surface area contributed by atoms with Gasteiger partial charge < -0.3 is 15.1 Å². The summed E-state index contributed by atoms with van der Waals surface area (Å²) in [6, 6.07) is 1.85. The van der Waals surface area contributed by atoms with E-state index in [9.17, 15) is 4.79 Å². The normalized spacial score (nSPS) is 29.7. The molecule has 1 N–H and O–H groups in total. The second kappa shape index (κ2) is 6.56. The fraction of sp³-hybridized carbons (Fsp3) is 0.737. The lowest BCUT2D eigenvalue weighted by atomic mass is 9.75. The number of piperidine rings is 1. The van der Waals surface area contributed by atoms with Gasteiger partial charge in [-0.3, -0.25) is 4.79 Å². The summed E-state index contributed by atoms with van der Waals surface area (Å²) in [5.41, 5.74) is -0.0166. The summed E-state index contributed by atoms with van der Waals surface area (Å²) >= 11 is 0. The van der Waals surface area contributed by atoms with Gasteiger partial charge in [0.05, 0.1) is 5.92 Å². The molecule has 3 atom stereocenters. The summed E-state index contributed by atoms with van der Waals surface area (Å²) < 4.78 is 0. The first-order valence-corrected chi connectivity index (χ1v) is 9.67. The third-order valence-electron chi connectivity index (χ3n) is 6.57. The fourth-order valence-corrected chi connectivity index (χ4v) is 4.92. The number of amides is 1. The van der Waals surface area contributed by atoms with Crippen LogP contribution in [0.3, 0.4) is 0 Å². The molecule has 6 heteroatoms. The molecule has 136 valence electrons. The molecule has 0 aromatic carbocycles. The van der Waals surface area contributed by atoms with E-state index in [2.05, 4.69) is 38.9 Å². The van der Waals surface area contributed by atoms with E-state index in [1.807, 2.05) is 6.07 Å². The summed E-state index contributed by atoms with van der Waals surface area (Å²) in [5, 5.41) is 3.40. The second-order valence-electron chi connectivity index (χ2n) is 8.13. The Morgan fingerprint density at radius 1 is 1.28 bits per heavy atom. The van der Waals surface area contributed by atoms with Crippen LogP contribution in [0.2, 0.25) is 0 Å². The van der Waals surface area contributed by atoms with Crippen LogP contribution in [-0.4, -0.2) is 59.0 Å². The first kappa shape index (κ1) is 16.8. The number of carbonyl (C=O) groups is 1. The van der Waals surface area contributed by atoms with E-state index in [-0.39, 0.29) is 17.4 Å². The van der Waals surface area contributed by atoms with Crippen LogP contribution >= 0.6 is 0 Å². The number of anilines is 1. The van der Waals surface area contributed by atoms with Crippen LogP contribution in [0.5, 0.6) is 0 Å². The average molecular weight is 343 g/mol. The van der Waals surface area contributed by atoms with E-state index < -0.39 is 0 Å². The minimum atomic E-state index is -0.0166. The van der Waals surface area contributed by atoms with Crippen molar-refractivity contribution >= 4 is 11.9 Å². The van der Waals surface area contributed by atoms with Crippen molar-refractivity contribution in [2.45, 2.75) is 38.6 Å². The SMILES string of the molecule is CC[C@H](C)CN1C[C@@H]2C(=O)NC3(CCN(c4ncccn4)CC3)[C@H]2C1. The molecule has 4 heterocycles. The molecule has 1 aromatic heterocycles. The number of hydrogen-bond donors (Lipinski definition) is 1. The number of carbonyl (C=O) groups excluding carboxylic acids is 1. The first-order chi connectivity index (χ1) is 12.1. The Morgan fingerprint density at radius 2 is 2.00 bits per heavy atom. The minimum absolute atomic E-state index is 0.0166. The van der Waals surface area contributed by atoms with Gasteiger partial charge in [-0.05, 0) is 24.8 Å². The monoisotopic (exact) mass is 343 g/mol. The largest absolute Gasteiger partial charge is 0.350 e. The maximum atomic E-state index is 12.6. The predicted molar refractivity (Wildman–Crippen MR) is 97.2 cm³/mol. The van der Waals surface area contributed by atoms with Gasteiger partial charge in [0.1, 0.15) is 0 Å². The highest BCUT2D eigenvalue weighted by Crippen LogP contribution is 2.44. The Bertz CT molecular complexity index is 614. The lowest BCUT2D eigenvalue weighted by molar-refractivity contribution is -0.123. The average Bonchev–Trinajstić information content (AvgIpc) is 3.16. The van der Waals surface area contributed by atoms with Crippen molar-refractivity contribution in [1.82, 2.24) is 20.2 Å². The fourth-order valence-electron chi connectivity index (χ4n) is 4.92. The van der Waals surface area contributed by atoms with Gasteiger partial charge in [0.25, 0.3) is 0 Å². The van der Waals surface area contributed by atoms with Crippen molar-refractivity contribution in [3.05, 3.63) is 18.5 Å². The van der Waals surface area contributed by atoms with Crippen molar-refractivity contribution in [3.8, 4) is 0 Å². The van der Waals surface area contributed by atoms with Crippen LogP contribution < -0.4 is 10.2 Å². The Kier molecular flexibility index (Phi) is 4.40. The molecule has 0 unspecified atom stereocenters. The summed E-state index contributed by atoms with van der Waals surface area (Å²) in [4.78, 5) is 26.1. The number of fused-ring (bicyclic) bond motifs is 2. The highest BCUT2D eigenvalue weighted by atomic mass is 16.2. The molecule has 1 aromatic rings. The number of likely N-dealkylation sites (tertiary alicyclic amines) is 1. The Labute approximate surface area is 150 Å². The zero-order valence-corrected chi connectivity index (χ0v) is 15.3. The molecule has 1 spiro atoms. The second-order valence-corrected chi connectivity index (χ2v) is 8.13. The molecule has 3 aliphatic heterocycles. The summed E-state index contributed by atoms with van der Waals surface area (Å²) in [6.45, 7) is 9.51. The van der Waals surface area contributed by atoms with Crippen molar-refractivity contribution in [1.29, 1.82) is 0 Å². The molecule has 6 nitrogen and oxygen atoms in total. The Hall–Kier alpha value is -1.69. The van der Waals surface area contributed by atoms with Gasteiger partial charge >= 0.3 is 0 Å². The summed E-state index contributed by atoms with van der Waals surface area (Å²) in [7, 11) is 0. The number of nitrogens with zero attached hydrogens (tertiary/aromatic N) is 4. The number of hydrogen-bond acceptors (Lipinski definition) is 5. The van der Waals surface area contributed by atoms with Gasteiger partial charge in [-0.25, -0.2) is 9.97 Å². The topological polar surface area (TPSA) is 61.4 Å². The molecule has 0 bridgehead atoms. The van der Waals surface area contributed by atoms with Gasteiger partial charge in [-0.1, -0.05) is 20.3 Å². The first-order valence-electron chi connectivity index (χ1n) is 9.67. The van der Waals surface area contributed by atoms with E-state index in [1.165, 1.54) is 6.42 Å². The molecule has 3 saturated heterocycles. The summed E-state index contributed by atoms with van der Waals surface area (Å²) in [6.07, 6.45) is 6.79. The van der Waals surface area contributed by atoms with Crippen molar-refractivity contribution in [3.63, 3.8) is 0 Å². The van der Waals surface area contributed by atoms with E-state index in [0.29, 0.717) is 11.8 Å². The van der Waals surface area contributed by atoms with E-state index >= 15 is 0 Å². The Balaban J connectivity index is 1.44. The molecule has 0 saturated carbocycles. The minimum Gasteiger partial charge on any atom is -0.350 e. The quantitative estimate of drug-likeness (QED) is 0.899. The van der Waals surface area contributed by atoms with Crippen molar-refractivity contribution in [2.24, 2.45) is 17.8 Å². The number of nitrogens with one attached hydrogen (secondary N) is 1. The number of rotatable bonds is 4. The third-order valence-corrected chi connectivity index (χ3v) is 6.57. The van der Waals surface area contributed by atoms with E-state index in [0.717, 1.165) is 51.5 Å². The van der Waals surface area contributed by atoms with Crippen LogP contribution in [0.15, 0.2) is 18.5 Å². The van der Waals surface area contributed by atoms with Crippen molar-refractivity contribution in [2.75, 3.05) is 37.6 Å². The van der Waals surface area contributed by atoms with Crippen LogP contribution in [0.1, 0.15) is 33.1 Å². The maximum Gasteiger partial charge on any atom is 0.225 e. The smallest absolute Gasteiger partial charge is 0.225 e. The van der Waals surface area contributed by atoms with Crippen LogP contribution in [0.25, 0.3) is 0 Å². The standard InChI is InChI=1S/C19H29N5O/c1-3-14(2)11-23-12-15-16(13-23)19(22-17(15)25)5-9-24(10-6-19)18-20-7-4-8-21-18/h4,7-8,14-16H,3,5-6,9-13H2,1-2H3,(H,22,25)/t14-,15-,16-/m0/s1. The van der Waals surface area contributed by atoms with Gasteiger partial charge in [-0.2, -0.15) is 0 Å². The molecule has 3 fully saturated rings. The third kappa shape index (κ3) is 3.01. The highest BCUT2D eigenvalue weighted by Gasteiger charge is 2.57. The van der Waals surface area contributed by atoms with E-state index in [4.69, 9.17) is 0 Å². The van der Waals surface area contributed by atoms with Gasteiger partial charge in [0.2, 0.25) is 11.9 Å². The molecule has 0 aliphatic carbocycles. The van der Waals surface area contributed by atoms with Crippen molar-refractivity contribution < 1.29 is 4.79 Å². The molecule has 3 aliphatic rings. The molecule has 1 amide bonds. The maximum absolute atomic E-state index is 12.6. The molecule has 25 heavy (non-hydrogen) atoms. The lowest BCUT2D eigenvalue weighted by Gasteiger charge is -2.42. The van der Waals surface area contributed by atoms with Gasteiger partial charge in [0, 0.05) is 56.6 Å². The zero-order chi connectivity index (χ0) is 17.4.